The van der Waals surface area contributed by atoms with Gasteiger partial charge in [0.1, 0.15) is 5.82 Å². The average Bonchev–Trinajstić information content (AvgIpc) is 3.09. The van der Waals surface area contributed by atoms with Crippen molar-refractivity contribution in [3.63, 3.8) is 0 Å². The molecule has 4 atom stereocenters. The lowest BCUT2D eigenvalue weighted by atomic mass is 9.84. The van der Waals surface area contributed by atoms with Gasteiger partial charge in [-0.05, 0) is 63.0 Å². The first kappa shape index (κ1) is 14.4. The number of aromatic nitrogens is 1. The molecular weight excluding hydrogens is 264 g/mol. The lowest BCUT2D eigenvalue weighted by molar-refractivity contribution is 0.0599. The highest BCUT2D eigenvalue weighted by Crippen LogP contribution is 2.49. The highest BCUT2D eigenvalue weighted by molar-refractivity contribution is 5.90. The minimum Gasteiger partial charge on any atom is -0.465 e. The van der Waals surface area contributed by atoms with Gasteiger partial charge >= 0.3 is 5.97 Å². The number of nitrogens with one attached hydrogen (secondary N) is 1. The number of esters is 1. The van der Waals surface area contributed by atoms with Crippen molar-refractivity contribution in [2.24, 2.45) is 17.8 Å². The van der Waals surface area contributed by atoms with E-state index in [9.17, 15) is 4.79 Å². The van der Waals surface area contributed by atoms with Crippen LogP contribution in [0.25, 0.3) is 0 Å². The van der Waals surface area contributed by atoms with E-state index in [0.29, 0.717) is 17.3 Å². The summed E-state index contributed by atoms with van der Waals surface area (Å²) in [6, 6.07) is 4.11. The molecular formula is C17H24N2O2. The Morgan fingerprint density at radius 3 is 2.76 bits per heavy atom. The SMILES string of the molecule is COC(=O)c1ccc(NC(C)C2CC3CCC2C3)nc1C. The molecule has 0 spiro atoms. The molecule has 0 aliphatic heterocycles. The number of hydrogen-bond acceptors (Lipinski definition) is 4. The fraction of sp³-hybridized carbons (Fsp3) is 0.647. The minimum atomic E-state index is -0.326. The summed E-state index contributed by atoms with van der Waals surface area (Å²) < 4.78 is 4.75. The van der Waals surface area contributed by atoms with E-state index < -0.39 is 0 Å². The van der Waals surface area contributed by atoms with Crippen LogP contribution < -0.4 is 5.32 Å². The largest absolute Gasteiger partial charge is 0.465 e. The molecule has 0 amide bonds. The Labute approximate surface area is 126 Å². The van der Waals surface area contributed by atoms with Crippen molar-refractivity contribution in [3.05, 3.63) is 23.4 Å². The van der Waals surface area contributed by atoms with Crippen LogP contribution in [0.2, 0.25) is 0 Å². The molecule has 4 unspecified atom stereocenters. The molecule has 1 aromatic heterocycles. The number of ether oxygens (including phenoxy) is 1. The molecule has 21 heavy (non-hydrogen) atoms. The summed E-state index contributed by atoms with van der Waals surface area (Å²) in [5, 5.41) is 3.53. The number of nitrogens with zero attached hydrogens (tertiary/aromatic N) is 1. The average molecular weight is 288 g/mol. The second kappa shape index (κ2) is 5.66. The monoisotopic (exact) mass is 288 g/mol. The summed E-state index contributed by atoms with van der Waals surface area (Å²) in [4.78, 5) is 16.1. The smallest absolute Gasteiger partial charge is 0.339 e. The van der Waals surface area contributed by atoms with Crippen molar-refractivity contribution in [2.45, 2.75) is 45.6 Å². The third-order valence-electron chi connectivity index (χ3n) is 5.30. The van der Waals surface area contributed by atoms with Crippen LogP contribution in [0.4, 0.5) is 5.82 Å². The zero-order valence-electron chi connectivity index (χ0n) is 13.1. The van der Waals surface area contributed by atoms with Gasteiger partial charge in [-0.3, -0.25) is 0 Å². The Morgan fingerprint density at radius 2 is 2.19 bits per heavy atom. The van der Waals surface area contributed by atoms with Crippen LogP contribution in [-0.2, 0) is 4.74 Å². The highest BCUT2D eigenvalue weighted by Gasteiger charge is 2.41. The number of anilines is 1. The third kappa shape index (κ3) is 2.76. The normalized spacial score (nSPS) is 28.4. The zero-order valence-corrected chi connectivity index (χ0v) is 13.1. The Morgan fingerprint density at radius 1 is 1.38 bits per heavy atom. The van der Waals surface area contributed by atoms with Crippen LogP contribution in [0.1, 0.15) is 48.7 Å². The van der Waals surface area contributed by atoms with Gasteiger partial charge in [0.15, 0.2) is 0 Å². The summed E-state index contributed by atoms with van der Waals surface area (Å²) in [7, 11) is 1.39. The maximum atomic E-state index is 11.6. The summed E-state index contributed by atoms with van der Waals surface area (Å²) >= 11 is 0. The van der Waals surface area contributed by atoms with Crippen LogP contribution in [0.5, 0.6) is 0 Å². The highest BCUT2D eigenvalue weighted by atomic mass is 16.5. The number of fused-ring (bicyclic) bond motifs is 2. The van der Waals surface area contributed by atoms with Crippen molar-refractivity contribution in [3.8, 4) is 0 Å². The zero-order chi connectivity index (χ0) is 15.0. The molecule has 0 aromatic carbocycles. The quantitative estimate of drug-likeness (QED) is 0.863. The van der Waals surface area contributed by atoms with E-state index in [0.717, 1.165) is 23.6 Å². The van der Waals surface area contributed by atoms with Gasteiger partial charge in [0.2, 0.25) is 0 Å². The van der Waals surface area contributed by atoms with E-state index >= 15 is 0 Å². The van der Waals surface area contributed by atoms with Gasteiger partial charge in [-0.25, -0.2) is 9.78 Å². The maximum absolute atomic E-state index is 11.6. The first-order chi connectivity index (χ1) is 10.1. The minimum absolute atomic E-state index is 0.326. The van der Waals surface area contributed by atoms with Crippen molar-refractivity contribution in [2.75, 3.05) is 12.4 Å². The van der Waals surface area contributed by atoms with E-state index in [2.05, 4.69) is 17.2 Å². The predicted octanol–water partition coefficient (Wildman–Crippen LogP) is 3.41. The van der Waals surface area contributed by atoms with Crippen molar-refractivity contribution in [1.82, 2.24) is 4.98 Å². The summed E-state index contributed by atoms with van der Waals surface area (Å²) in [5.41, 5.74) is 1.25. The molecule has 0 radical (unpaired) electrons. The summed E-state index contributed by atoms with van der Waals surface area (Å²) in [6.07, 6.45) is 5.61. The van der Waals surface area contributed by atoms with E-state index in [1.807, 2.05) is 13.0 Å². The van der Waals surface area contributed by atoms with E-state index in [1.54, 1.807) is 6.07 Å². The topological polar surface area (TPSA) is 51.2 Å². The van der Waals surface area contributed by atoms with E-state index in [4.69, 9.17) is 4.74 Å². The predicted molar refractivity (Wildman–Crippen MR) is 82.3 cm³/mol. The first-order valence-corrected chi connectivity index (χ1v) is 7.91. The van der Waals surface area contributed by atoms with Crippen LogP contribution in [0.3, 0.4) is 0 Å². The second-order valence-corrected chi connectivity index (χ2v) is 6.59. The molecule has 2 saturated carbocycles. The van der Waals surface area contributed by atoms with E-state index in [-0.39, 0.29) is 5.97 Å². The number of methoxy groups -OCH3 is 1. The third-order valence-corrected chi connectivity index (χ3v) is 5.30. The molecule has 2 aliphatic rings. The molecule has 2 fully saturated rings. The number of hydrogen-bond donors (Lipinski definition) is 1. The molecule has 1 aromatic rings. The standard InChI is InChI=1S/C17H24N2O2/c1-10-14(17(20)21-3)6-7-16(18-10)19-11(2)15-9-12-4-5-13(15)8-12/h6-7,11-13,15H,4-5,8-9H2,1-3H3,(H,18,19). The van der Waals surface area contributed by atoms with Gasteiger partial charge in [-0.1, -0.05) is 6.42 Å². The fourth-order valence-corrected chi connectivity index (χ4v) is 4.21. The number of rotatable bonds is 4. The Kier molecular flexibility index (Phi) is 3.87. The van der Waals surface area contributed by atoms with Crippen molar-refractivity contribution in [1.29, 1.82) is 0 Å². The molecule has 2 bridgehead atoms. The molecule has 4 nitrogen and oxygen atoms in total. The lowest BCUT2D eigenvalue weighted by Crippen LogP contribution is -2.30. The molecule has 3 rings (SSSR count). The van der Waals surface area contributed by atoms with Crippen LogP contribution in [-0.4, -0.2) is 24.1 Å². The van der Waals surface area contributed by atoms with Gasteiger partial charge in [0.25, 0.3) is 0 Å². The fourth-order valence-electron chi connectivity index (χ4n) is 4.21. The molecule has 2 aliphatic carbocycles. The molecule has 4 heteroatoms. The lowest BCUT2D eigenvalue weighted by Gasteiger charge is -2.29. The number of carbonyl (C=O) groups excluding carboxylic acids is 1. The van der Waals surface area contributed by atoms with Gasteiger partial charge in [0.05, 0.1) is 18.4 Å². The summed E-state index contributed by atoms with van der Waals surface area (Å²) in [6.45, 7) is 4.11. The van der Waals surface area contributed by atoms with Gasteiger partial charge in [0, 0.05) is 6.04 Å². The molecule has 1 heterocycles. The Hall–Kier alpha value is -1.58. The van der Waals surface area contributed by atoms with Crippen LogP contribution in [0, 0.1) is 24.7 Å². The Balaban J connectivity index is 1.67. The van der Waals surface area contributed by atoms with Crippen LogP contribution in [0.15, 0.2) is 12.1 Å². The molecule has 1 N–H and O–H groups in total. The summed E-state index contributed by atoms with van der Waals surface area (Å²) in [5.74, 6) is 3.16. The number of pyridine rings is 1. The number of carbonyl (C=O) groups is 1. The number of aryl methyl sites for hydroxylation is 1. The molecule has 114 valence electrons. The van der Waals surface area contributed by atoms with Gasteiger partial charge in [-0.15, -0.1) is 0 Å². The maximum Gasteiger partial charge on any atom is 0.339 e. The molecule has 0 saturated heterocycles. The van der Waals surface area contributed by atoms with Crippen molar-refractivity contribution >= 4 is 11.8 Å². The Bertz CT molecular complexity index is 544. The van der Waals surface area contributed by atoms with Crippen molar-refractivity contribution < 1.29 is 9.53 Å². The van der Waals surface area contributed by atoms with Gasteiger partial charge in [-0.2, -0.15) is 0 Å². The van der Waals surface area contributed by atoms with Crippen LogP contribution >= 0.6 is 0 Å². The first-order valence-electron chi connectivity index (χ1n) is 7.91. The second-order valence-electron chi connectivity index (χ2n) is 6.59. The van der Waals surface area contributed by atoms with Gasteiger partial charge < -0.3 is 10.1 Å². The van der Waals surface area contributed by atoms with E-state index in [1.165, 1.54) is 32.8 Å².